The Labute approximate surface area is 305 Å². The van der Waals surface area contributed by atoms with Gasteiger partial charge in [-0.15, -0.1) is 0 Å². The number of phenolic OH excluding ortho intramolecular Hbond substituents is 1. The maximum Gasteiger partial charge on any atom is 0.335 e. The molecule has 1 saturated carbocycles. The molecule has 4 aromatic carbocycles. The molecule has 0 radical (unpaired) electrons. The van der Waals surface area contributed by atoms with Gasteiger partial charge in [-0.2, -0.15) is 0 Å². The molecule has 1 saturated heterocycles. The lowest BCUT2D eigenvalue weighted by molar-refractivity contribution is -0.135. The molecule has 6 atom stereocenters. The molecular weight excluding hydrogens is 674 g/mol. The fourth-order valence-electron chi connectivity index (χ4n) is 9.43. The Morgan fingerprint density at radius 3 is 2.11 bits per heavy atom. The first-order chi connectivity index (χ1) is 25.6. The highest BCUT2D eigenvalue weighted by molar-refractivity contribution is 6.32. The number of allylic oxidation sites excluding steroid dienone is 4. The number of hydrogen-bond acceptors (Lipinski definition) is 8. The molecule has 0 unspecified atom stereocenters. The summed E-state index contributed by atoms with van der Waals surface area (Å²) in [6.45, 7) is 0. The van der Waals surface area contributed by atoms with Gasteiger partial charge in [0.1, 0.15) is 17.2 Å². The normalized spacial score (nSPS) is 26.2. The van der Waals surface area contributed by atoms with Gasteiger partial charge in [-0.3, -0.25) is 24.1 Å². The van der Waals surface area contributed by atoms with Crippen LogP contribution in [0.5, 0.6) is 17.2 Å². The van der Waals surface area contributed by atoms with E-state index in [9.17, 15) is 24.6 Å². The lowest BCUT2D eigenvalue weighted by Gasteiger charge is -2.55. The SMILES string of the molecule is COc1cc(O)cc(OC)c1[C@H]1C2=CC[C@@H]3C(=O)N(c4cccc(C(=O)O)c4)C(=O)[C@@H]3[C@@H]2C[C@H]2C(=O)C(c3ccccc3)=CC(=O)[C@@]12c1ccccc1. The van der Waals surface area contributed by atoms with Crippen molar-refractivity contribution in [3.63, 3.8) is 0 Å². The largest absolute Gasteiger partial charge is 0.508 e. The Bertz CT molecular complexity index is 2250. The van der Waals surface area contributed by atoms with Crippen LogP contribution in [0.1, 0.15) is 45.8 Å². The molecule has 2 amide bonds. The number of benzene rings is 4. The Morgan fingerprint density at radius 2 is 1.47 bits per heavy atom. The van der Waals surface area contributed by atoms with Crippen molar-refractivity contribution in [3.05, 3.63) is 137 Å². The first-order valence-corrected chi connectivity index (χ1v) is 17.4. The lowest BCUT2D eigenvalue weighted by atomic mass is 9.44. The zero-order valence-electron chi connectivity index (χ0n) is 28.9. The number of carboxylic acids is 1. The molecule has 1 heterocycles. The summed E-state index contributed by atoms with van der Waals surface area (Å²) in [7, 11) is 2.89. The highest BCUT2D eigenvalue weighted by atomic mass is 16.5. The fraction of sp³-hybridized carbons (Fsp3) is 0.233. The van der Waals surface area contributed by atoms with E-state index in [0.717, 1.165) is 4.90 Å². The number of nitrogens with zero attached hydrogens (tertiary/aromatic N) is 1. The smallest absolute Gasteiger partial charge is 0.335 e. The van der Waals surface area contributed by atoms with E-state index in [1.807, 2.05) is 42.5 Å². The zero-order valence-corrected chi connectivity index (χ0v) is 28.9. The Balaban J connectivity index is 1.39. The van der Waals surface area contributed by atoms with Gasteiger partial charge in [0.2, 0.25) is 11.8 Å². The minimum Gasteiger partial charge on any atom is -0.508 e. The van der Waals surface area contributed by atoms with E-state index in [4.69, 9.17) is 9.47 Å². The molecule has 3 aliphatic carbocycles. The van der Waals surface area contributed by atoms with Crippen molar-refractivity contribution in [1.29, 1.82) is 0 Å². The standard InChI is InChI=1S/C43H35NO9/c1-52-33-19-27(45)20-34(53-2)37(33)38-28-16-17-29-36(41(49)44(40(29)48)26-15-9-12-24(18-26)42(50)51)31(28)21-32-39(47)30(23-10-5-3-6-11-23)22-35(46)43(32,38)25-13-7-4-8-14-25/h3-16,18-20,22,29,31-32,36,38,45H,17,21H2,1-2H3,(H,50,51)/t29-,31+,32-,36-,38+,43-/m0/s1. The highest BCUT2D eigenvalue weighted by Gasteiger charge is 2.66. The van der Waals surface area contributed by atoms with E-state index in [1.165, 1.54) is 56.7 Å². The van der Waals surface area contributed by atoms with Crippen molar-refractivity contribution >= 4 is 40.6 Å². The number of rotatable bonds is 7. The number of ether oxygens (including phenoxy) is 2. The van der Waals surface area contributed by atoms with E-state index in [2.05, 4.69) is 0 Å². The molecule has 0 aromatic heterocycles. The predicted molar refractivity (Wildman–Crippen MR) is 194 cm³/mol. The number of ketones is 2. The summed E-state index contributed by atoms with van der Waals surface area (Å²) in [6.07, 6.45) is 3.59. The number of carbonyl (C=O) groups is 5. The number of imide groups is 1. The number of carboxylic acid groups (broad SMARTS) is 1. The number of aromatic hydroxyl groups is 1. The first kappa shape index (κ1) is 33.8. The average Bonchev–Trinajstić information content (AvgIpc) is 3.44. The summed E-state index contributed by atoms with van der Waals surface area (Å²) in [5.74, 6) is -6.71. The van der Waals surface area contributed by atoms with Crippen LogP contribution in [0.3, 0.4) is 0 Å². The molecule has 266 valence electrons. The second-order valence-corrected chi connectivity index (χ2v) is 13.9. The molecule has 2 N–H and O–H groups in total. The van der Waals surface area contributed by atoms with Crippen molar-refractivity contribution in [3.8, 4) is 17.2 Å². The Hall–Kier alpha value is -6.29. The van der Waals surface area contributed by atoms with Gasteiger partial charge in [-0.05, 0) is 54.2 Å². The zero-order chi connectivity index (χ0) is 37.2. The first-order valence-electron chi connectivity index (χ1n) is 17.4. The maximum absolute atomic E-state index is 15.3. The maximum atomic E-state index is 15.3. The molecule has 4 aliphatic rings. The van der Waals surface area contributed by atoms with Gasteiger partial charge in [0, 0.05) is 35.1 Å². The van der Waals surface area contributed by atoms with E-state index in [-0.39, 0.29) is 58.5 Å². The number of fused-ring (bicyclic) bond motifs is 4. The van der Waals surface area contributed by atoms with Crippen LogP contribution >= 0.6 is 0 Å². The van der Waals surface area contributed by atoms with Gasteiger partial charge < -0.3 is 19.7 Å². The van der Waals surface area contributed by atoms with Crippen LogP contribution < -0.4 is 14.4 Å². The number of phenols is 1. The van der Waals surface area contributed by atoms with Gasteiger partial charge in [-0.1, -0.05) is 78.4 Å². The van der Waals surface area contributed by atoms with Gasteiger partial charge >= 0.3 is 5.97 Å². The van der Waals surface area contributed by atoms with Crippen molar-refractivity contribution in [2.45, 2.75) is 24.2 Å². The monoisotopic (exact) mass is 709 g/mol. The van der Waals surface area contributed by atoms with Crippen LogP contribution in [0.25, 0.3) is 5.57 Å². The summed E-state index contributed by atoms with van der Waals surface area (Å²) < 4.78 is 11.8. The summed E-state index contributed by atoms with van der Waals surface area (Å²) in [5.41, 5.74) is 1.10. The summed E-state index contributed by atoms with van der Waals surface area (Å²) >= 11 is 0. The number of aromatic carboxylic acids is 1. The van der Waals surface area contributed by atoms with Gasteiger partial charge in [0.25, 0.3) is 0 Å². The molecule has 0 spiro atoms. The Kier molecular flexibility index (Phi) is 8.13. The minimum atomic E-state index is -1.54. The highest BCUT2D eigenvalue weighted by Crippen LogP contribution is 2.65. The van der Waals surface area contributed by atoms with Crippen molar-refractivity contribution in [2.24, 2.45) is 23.7 Å². The van der Waals surface area contributed by atoms with Crippen LogP contribution in [0.2, 0.25) is 0 Å². The van der Waals surface area contributed by atoms with Crippen LogP contribution in [0, 0.1) is 23.7 Å². The molecular formula is C43H35NO9. The number of anilines is 1. The summed E-state index contributed by atoms with van der Waals surface area (Å²) in [4.78, 5) is 72.2. The Morgan fingerprint density at radius 1 is 0.811 bits per heavy atom. The number of Topliss-reactive ketones (excluding diaryl/α,β-unsaturated/α-hetero) is 1. The number of carbonyl (C=O) groups excluding carboxylic acids is 4. The molecule has 1 aliphatic heterocycles. The van der Waals surface area contributed by atoms with E-state index in [0.29, 0.717) is 22.3 Å². The average molecular weight is 710 g/mol. The van der Waals surface area contributed by atoms with E-state index >= 15 is 9.59 Å². The summed E-state index contributed by atoms with van der Waals surface area (Å²) in [6, 6.07) is 26.7. The van der Waals surface area contributed by atoms with Gasteiger partial charge in [0.15, 0.2) is 11.6 Å². The number of hydrogen-bond donors (Lipinski definition) is 2. The number of amides is 2. The third kappa shape index (κ3) is 4.96. The van der Waals surface area contributed by atoms with Crippen molar-refractivity contribution < 1.29 is 43.7 Å². The van der Waals surface area contributed by atoms with Crippen LogP contribution in [0.4, 0.5) is 5.69 Å². The second-order valence-electron chi connectivity index (χ2n) is 13.9. The van der Waals surface area contributed by atoms with E-state index < -0.39 is 52.8 Å². The molecule has 53 heavy (non-hydrogen) atoms. The van der Waals surface area contributed by atoms with Crippen LogP contribution in [0.15, 0.2) is 115 Å². The second kappa shape index (κ2) is 12.7. The third-order valence-corrected chi connectivity index (χ3v) is 11.5. The molecule has 10 nitrogen and oxygen atoms in total. The topological polar surface area (TPSA) is 148 Å². The van der Waals surface area contributed by atoms with Gasteiger partial charge in [-0.25, -0.2) is 4.79 Å². The van der Waals surface area contributed by atoms with Gasteiger partial charge in [0.05, 0.1) is 42.7 Å². The summed E-state index contributed by atoms with van der Waals surface area (Å²) in [5, 5.41) is 20.4. The van der Waals surface area contributed by atoms with E-state index in [1.54, 1.807) is 24.3 Å². The fourth-order valence-corrected chi connectivity index (χ4v) is 9.43. The van der Waals surface area contributed by atoms with Crippen molar-refractivity contribution in [1.82, 2.24) is 0 Å². The van der Waals surface area contributed by atoms with Crippen molar-refractivity contribution in [2.75, 3.05) is 19.1 Å². The molecule has 10 heteroatoms. The molecule has 4 aromatic rings. The molecule has 8 rings (SSSR count). The lowest BCUT2D eigenvalue weighted by Crippen LogP contribution is -2.59. The number of methoxy groups -OCH3 is 2. The molecule has 0 bridgehead atoms. The third-order valence-electron chi connectivity index (χ3n) is 11.5. The predicted octanol–water partition coefficient (Wildman–Crippen LogP) is 6.14. The minimum absolute atomic E-state index is 0.0692. The molecule has 2 fully saturated rings. The van der Waals surface area contributed by atoms with Crippen LogP contribution in [-0.4, -0.2) is 53.8 Å². The quantitative estimate of drug-likeness (QED) is 0.171. The van der Waals surface area contributed by atoms with Crippen LogP contribution in [-0.2, 0) is 24.6 Å².